The summed E-state index contributed by atoms with van der Waals surface area (Å²) in [5.74, 6) is -0.772. The van der Waals surface area contributed by atoms with E-state index in [2.05, 4.69) is 34.6 Å². The zero-order valence-corrected chi connectivity index (χ0v) is 37.8. The fourth-order valence-electron chi connectivity index (χ4n) is 7.52. The molecule has 0 saturated heterocycles. The van der Waals surface area contributed by atoms with Crippen molar-refractivity contribution < 1.29 is 42.1 Å². The summed E-state index contributed by atoms with van der Waals surface area (Å²) < 4.78 is 35.5. The van der Waals surface area contributed by atoms with Crippen molar-refractivity contribution in [3.05, 3.63) is 0 Å². The van der Waals surface area contributed by atoms with Crippen LogP contribution in [0.1, 0.15) is 227 Å². The smallest absolute Gasteiger partial charge is 0.462 e. The Morgan fingerprint density at radius 3 is 1.25 bits per heavy atom. The van der Waals surface area contributed by atoms with Crippen molar-refractivity contribution in [1.82, 2.24) is 0 Å². The normalized spacial score (nSPS) is 13.5. The first-order valence-corrected chi connectivity index (χ1v) is 25.0. The Morgan fingerprint density at radius 1 is 0.491 bits per heavy atom. The number of phosphoric acid groups is 1. The van der Waals surface area contributed by atoms with E-state index in [0.717, 1.165) is 75.5 Å². The lowest BCUT2D eigenvalue weighted by atomic mass is 10.0. The van der Waals surface area contributed by atoms with Gasteiger partial charge in [0, 0.05) is 12.8 Å². The van der Waals surface area contributed by atoms with E-state index in [1.54, 1.807) is 0 Å². The number of hydrogen-bond acceptors (Lipinski definition) is 7. The third kappa shape index (κ3) is 34.7. The van der Waals surface area contributed by atoms with Crippen molar-refractivity contribution in [2.45, 2.75) is 233 Å². The minimum atomic E-state index is -4.41. The van der Waals surface area contributed by atoms with Gasteiger partial charge in [-0.3, -0.25) is 18.6 Å². The standard InChI is InChI=1S/C45H90NO8P/c1-6-11-13-15-17-19-21-23-25-27-29-31-33-35-44(47)51-41-43(42-53-55(49,50)52-40-39-46(10-5,37-8-3)38-9-4)54-45(48)36-34-32-30-28-26-24-22-20-18-16-14-12-7-2/h43H,6-42H2,1-5H3/p+1. The molecule has 0 spiro atoms. The minimum absolute atomic E-state index is 0.0826. The summed E-state index contributed by atoms with van der Waals surface area (Å²) >= 11 is 0. The Bertz CT molecular complexity index is 913. The first kappa shape index (κ1) is 54.0. The number of carbonyl (C=O) groups is 2. The molecule has 0 bridgehead atoms. The van der Waals surface area contributed by atoms with Gasteiger partial charge in [-0.25, -0.2) is 4.57 Å². The van der Waals surface area contributed by atoms with Gasteiger partial charge in [-0.2, -0.15) is 0 Å². The van der Waals surface area contributed by atoms with Crippen LogP contribution in [0.2, 0.25) is 0 Å². The monoisotopic (exact) mass is 805 g/mol. The molecule has 0 aliphatic carbocycles. The maximum absolute atomic E-state index is 12.8. The molecule has 10 heteroatoms. The van der Waals surface area contributed by atoms with E-state index >= 15 is 0 Å². The molecule has 55 heavy (non-hydrogen) atoms. The highest BCUT2D eigenvalue weighted by atomic mass is 31.2. The number of rotatable bonds is 43. The second-order valence-corrected chi connectivity index (χ2v) is 17.7. The van der Waals surface area contributed by atoms with Crippen LogP contribution in [0, 0.1) is 0 Å². The first-order chi connectivity index (χ1) is 26.7. The number of phosphoric ester groups is 1. The Balaban J connectivity index is 4.65. The Kier molecular flexibility index (Phi) is 37.8. The topological polar surface area (TPSA) is 108 Å². The van der Waals surface area contributed by atoms with E-state index in [4.69, 9.17) is 18.5 Å². The molecule has 2 unspecified atom stereocenters. The molecule has 1 N–H and O–H groups in total. The molecular formula is C45H91NO8P+. The molecule has 0 aliphatic rings. The van der Waals surface area contributed by atoms with Crippen molar-refractivity contribution >= 4 is 19.8 Å². The summed E-state index contributed by atoms with van der Waals surface area (Å²) in [5, 5.41) is 0. The molecule has 9 nitrogen and oxygen atoms in total. The lowest BCUT2D eigenvalue weighted by molar-refractivity contribution is -0.926. The van der Waals surface area contributed by atoms with Crippen molar-refractivity contribution in [2.24, 2.45) is 0 Å². The van der Waals surface area contributed by atoms with Crippen molar-refractivity contribution in [1.29, 1.82) is 0 Å². The number of unbranched alkanes of at least 4 members (excludes halogenated alkanes) is 24. The van der Waals surface area contributed by atoms with Crippen molar-refractivity contribution in [2.75, 3.05) is 46.0 Å². The van der Waals surface area contributed by atoms with Crippen molar-refractivity contribution in [3.63, 3.8) is 0 Å². The van der Waals surface area contributed by atoms with Gasteiger partial charge in [-0.05, 0) is 32.6 Å². The zero-order valence-electron chi connectivity index (χ0n) is 36.9. The van der Waals surface area contributed by atoms with E-state index in [0.29, 0.717) is 13.0 Å². The quantitative estimate of drug-likeness (QED) is 0.0281. The molecule has 328 valence electrons. The molecule has 0 heterocycles. The third-order valence-corrected chi connectivity index (χ3v) is 12.0. The van der Waals surface area contributed by atoms with Crippen LogP contribution >= 0.6 is 7.82 Å². The second kappa shape index (κ2) is 38.5. The SMILES string of the molecule is CCCCCCCCCCCCCCCC(=O)OCC(COP(=O)(O)OCC[N+](CC)(CCC)CCC)OC(=O)CCCCCCCCCCCCCCC. The number of quaternary nitrogens is 1. The summed E-state index contributed by atoms with van der Waals surface area (Å²) in [6.07, 6.45) is 33.4. The van der Waals surface area contributed by atoms with E-state index < -0.39 is 19.9 Å². The molecule has 0 saturated carbocycles. The van der Waals surface area contributed by atoms with E-state index in [9.17, 15) is 19.0 Å². The van der Waals surface area contributed by atoms with Gasteiger partial charge in [-0.15, -0.1) is 0 Å². The van der Waals surface area contributed by atoms with Crippen LogP contribution < -0.4 is 0 Å². The van der Waals surface area contributed by atoms with Gasteiger partial charge in [0.25, 0.3) is 0 Å². The Labute approximate surface area is 340 Å². The highest BCUT2D eigenvalue weighted by molar-refractivity contribution is 7.47. The molecule has 0 aliphatic heterocycles. The fourth-order valence-corrected chi connectivity index (χ4v) is 8.26. The average molecular weight is 805 g/mol. The van der Waals surface area contributed by atoms with Crippen LogP contribution in [0.4, 0.5) is 0 Å². The minimum Gasteiger partial charge on any atom is -0.462 e. The molecule has 2 atom stereocenters. The fraction of sp³-hybridized carbons (Fsp3) is 0.956. The molecule has 0 aromatic carbocycles. The van der Waals surface area contributed by atoms with Gasteiger partial charge in [0.1, 0.15) is 19.8 Å². The average Bonchev–Trinajstić information content (AvgIpc) is 3.16. The molecule has 0 aromatic rings. The maximum Gasteiger partial charge on any atom is 0.472 e. The van der Waals surface area contributed by atoms with Crippen LogP contribution in [-0.2, 0) is 32.7 Å². The lowest BCUT2D eigenvalue weighted by Gasteiger charge is -2.37. The van der Waals surface area contributed by atoms with Gasteiger partial charge in [0.15, 0.2) is 6.10 Å². The summed E-state index contributed by atoms with van der Waals surface area (Å²) in [6.45, 7) is 13.9. The summed E-state index contributed by atoms with van der Waals surface area (Å²) in [5.41, 5.74) is 0. The van der Waals surface area contributed by atoms with Crippen molar-refractivity contribution in [3.8, 4) is 0 Å². The lowest BCUT2D eigenvalue weighted by Crippen LogP contribution is -2.50. The predicted octanol–water partition coefficient (Wildman–Crippen LogP) is 13.2. The highest BCUT2D eigenvalue weighted by Gasteiger charge is 2.29. The van der Waals surface area contributed by atoms with Gasteiger partial charge in [-0.1, -0.05) is 182 Å². The van der Waals surface area contributed by atoms with Gasteiger partial charge in [0.05, 0.1) is 26.2 Å². The Hall–Kier alpha value is -0.990. The number of carbonyl (C=O) groups excluding carboxylic acids is 2. The Morgan fingerprint density at radius 2 is 0.873 bits per heavy atom. The van der Waals surface area contributed by atoms with E-state index in [1.807, 2.05) is 0 Å². The largest absolute Gasteiger partial charge is 0.472 e. The molecule has 0 aromatic heterocycles. The second-order valence-electron chi connectivity index (χ2n) is 16.2. The maximum atomic E-state index is 12.8. The number of likely N-dealkylation sites (N-methyl/N-ethyl adjacent to an activating group) is 1. The van der Waals surface area contributed by atoms with Gasteiger partial charge in [0.2, 0.25) is 0 Å². The van der Waals surface area contributed by atoms with E-state index in [-0.39, 0.29) is 32.2 Å². The predicted molar refractivity (Wildman–Crippen MR) is 229 cm³/mol. The van der Waals surface area contributed by atoms with Crippen LogP contribution in [-0.4, -0.2) is 73.4 Å². The number of esters is 2. The molecule has 0 fully saturated rings. The summed E-state index contributed by atoms with van der Waals surface area (Å²) in [4.78, 5) is 35.9. The molecule has 0 amide bonds. The third-order valence-electron chi connectivity index (χ3n) is 11.0. The van der Waals surface area contributed by atoms with E-state index in [1.165, 1.54) is 128 Å². The summed E-state index contributed by atoms with van der Waals surface area (Å²) in [6, 6.07) is 0. The first-order valence-electron chi connectivity index (χ1n) is 23.5. The van der Waals surface area contributed by atoms with Crippen LogP contribution in [0.25, 0.3) is 0 Å². The number of hydrogen-bond donors (Lipinski definition) is 1. The highest BCUT2D eigenvalue weighted by Crippen LogP contribution is 2.43. The zero-order chi connectivity index (χ0) is 40.7. The molecular weight excluding hydrogens is 713 g/mol. The van der Waals surface area contributed by atoms with Crippen LogP contribution in [0.15, 0.2) is 0 Å². The summed E-state index contributed by atoms with van der Waals surface area (Å²) in [7, 11) is -4.41. The van der Waals surface area contributed by atoms with Gasteiger partial charge < -0.3 is 18.9 Å². The van der Waals surface area contributed by atoms with Crippen LogP contribution in [0.5, 0.6) is 0 Å². The van der Waals surface area contributed by atoms with Crippen LogP contribution in [0.3, 0.4) is 0 Å². The molecule has 0 rings (SSSR count). The number of ether oxygens (including phenoxy) is 2. The molecule has 0 radical (unpaired) electrons. The van der Waals surface area contributed by atoms with Gasteiger partial charge >= 0.3 is 19.8 Å². The number of nitrogens with zero attached hydrogens (tertiary/aromatic N) is 1.